The van der Waals surface area contributed by atoms with Gasteiger partial charge < -0.3 is 5.73 Å². The largest absolute Gasteiger partial charge is 0.369 e. The lowest BCUT2D eigenvalue weighted by Gasteiger charge is -2.00. The van der Waals surface area contributed by atoms with Gasteiger partial charge in [0.25, 0.3) is 0 Å². The van der Waals surface area contributed by atoms with Gasteiger partial charge in [-0.25, -0.2) is 0 Å². The molecule has 3 N–H and O–H groups in total. The zero-order valence-electron chi connectivity index (χ0n) is 9.64. The maximum absolute atomic E-state index is 7.54. The molecule has 0 atom stereocenters. The van der Waals surface area contributed by atoms with Crippen LogP contribution < -0.4 is 5.73 Å². The number of nitrogens with two attached hydrogens (primary N) is 1. The summed E-state index contributed by atoms with van der Waals surface area (Å²) in [6, 6.07) is 12.2. The first kappa shape index (κ1) is 10.4. The molecule has 0 bridgehead atoms. The van der Waals surface area contributed by atoms with Crippen LogP contribution >= 0.6 is 0 Å². The van der Waals surface area contributed by atoms with Crippen molar-refractivity contribution in [3.05, 3.63) is 48.3 Å². The highest BCUT2D eigenvalue weighted by molar-refractivity contribution is 6.02. The zero-order chi connectivity index (χ0) is 12.7. The minimum Gasteiger partial charge on any atom is -0.369 e. The van der Waals surface area contributed by atoms with Crippen molar-refractivity contribution in [2.45, 2.75) is 0 Å². The van der Waals surface area contributed by atoms with Crippen molar-refractivity contribution in [1.82, 2.24) is 4.57 Å². The zero-order valence-corrected chi connectivity index (χ0v) is 9.64. The molecule has 0 spiro atoms. The van der Waals surface area contributed by atoms with Gasteiger partial charge >= 0.3 is 0 Å². The molecule has 3 aromatic rings. The number of aromatic nitrogens is 1. The quantitative estimate of drug-likeness (QED) is 0.350. The van der Waals surface area contributed by atoms with Crippen LogP contribution in [0.1, 0.15) is 5.69 Å². The molecule has 3 nitrogen and oxygen atoms in total. The van der Waals surface area contributed by atoms with Crippen LogP contribution in [-0.2, 0) is 0 Å². The number of hydrogen-bond donors (Lipinski definition) is 2. The van der Waals surface area contributed by atoms with Crippen LogP contribution in [0.25, 0.3) is 21.5 Å². The molecule has 0 aliphatic carbocycles. The lowest BCUT2D eigenvalue weighted by Crippen LogP contribution is -2.20. The SMILES string of the molecule is C#Cc1c2cc3ccccc3cc2cn1C(=N)N. The number of nitrogen functional groups attached to an aromatic ring is 1. The predicted octanol–water partition coefficient (Wildman–Crippen LogP) is 2.52. The molecule has 0 fully saturated rings. The van der Waals surface area contributed by atoms with Crippen LogP contribution in [0.4, 0.5) is 0 Å². The topological polar surface area (TPSA) is 54.8 Å². The van der Waals surface area contributed by atoms with E-state index in [0.717, 1.165) is 21.5 Å². The molecule has 0 amide bonds. The minimum absolute atomic E-state index is 0.0665. The van der Waals surface area contributed by atoms with E-state index < -0.39 is 0 Å². The fourth-order valence-electron chi connectivity index (χ4n) is 2.24. The van der Waals surface area contributed by atoms with Crippen molar-refractivity contribution in [3.63, 3.8) is 0 Å². The van der Waals surface area contributed by atoms with Crippen LogP contribution in [0.2, 0.25) is 0 Å². The Hall–Kier alpha value is -2.73. The number of nitrogens with zero attached hydrogens (tertiary/aromatic N) is 1. The molecule has 0 saturated carbocycles. The summed E-state index contributed by atoms with van der Waals surface area (Å²) < 4.78 is 1.53. The number of terminal acetylenes is 1. The third kappa shape index (κ3) is 1.36. The Bertz CT molecular complexity index is 819. The summed E-state index contributed by atoms with van der Waals surface area (Å²) in [6.45, 7) is 0. The molecule has 0 aliphatic rings. The standard InChI is InChI=1S/C15H11N3/c1-2-14-13-8-11-6-4-3-5-10(11)7-12(13)9-18(14)15(16)17/h1,3-9H,(H3,16,17). The van der Waals surface area contributed by atoms with E-state index in [1.165, 1.54) is 4.57 Å². The van der Waals surface area contributed by atoms with Gasteiger partial charge in [0, 0.05) is 17.0 Å². The maximum atomic E-state index is 7.54. The molecule has 0 unspecified atom stereocenters. The van der Waals surface area contributed by atoms with Crippen molar-refractivity contribution < 1.29 is 0 Å². The average Bonchev–Trinajstić information content (AvgIpc) is 2.73. The lowest BCUT2D eigenvalue weighted by atomic mass is 10.1. The first-order chi connectivity index (χ1) is 8.70. The van der Waals surface area contributed by atoms with Gasteiger partial charge in [0.05, 0.1) is 0 Å². The molecular formula is C15H11N3. The number of fused-ring (bicyclic) bond motifs is 2. The van der Waals surface area contributed by atoms with Crippen LogP contribution in [0.5, 0.6) is 0 Å². The Morgan fingerprint density at radius 2 is 1.83 bits per heavy atom. The van der Waals surface area contributed by atoms with Crippen molar-refractivity contribution >= 4 is 27.5 Å². The highest BCUT2D eigenvalue weighted by Gasteiger charge is 2.09. The molecule has 0 saturated heterocycles. The van der Waals surface area contributed by atoms with E-state index in [2.05, 4.69) is 18.1 Å². The second-order valence-corrected chi connectivity index (χ2v) is 4.16. The van der Waals surface area contributed by atoms with Crippen LogP contribution in [-0.4, -0.2) is 10.5 Å². The van der Waals surface area contributed by atoms with Gasteiger partial charge in [-0.05, 0) is 22.9 Å². The minimum atomic E-state index is -0.0665. The van der Waals surface area contributed by atoms with E-state index in [4.69, 9.17) is 17.6 Å². The molecule has 1 aromatic heterocycles. The van der Waals surface area contributed by atoms with Gasteiger partial charge in [-0.3, -0.25) is 9.98 Å². The Kier molecular flexibility index (Phi) is 2.11. The van der Waals surface area contributed by atoms with E-state index >= 15 is 0 Å². The van der Waals surface area contributed by atoms with E-state index in [0.29, 0.717) is 5.69 Å². The first-order valence-electron chi connectivity index (χ1n) is 5.55. The second kappa shape index (κ2) is 3.64. The van der Waals surface area contributed by atoms with Crippen molar-refractivity contribution in [2.24, 2.45) is 5.73 Å². The summed E-state index contributed by atoms with van der Waals surface area (Å²) >= 11 is 0. The summed E-state index contributed by atoms with van der Waals surface area (Å²) in [5.41, 5.74) is 6.16. The van der Waals surface area contributed by atoms with E-state index in [-0.39, 0.29) is 5.96 Å². The Labute approximate surface area is 104 Å². The maximum Gasteiger partial charge on any atom is 0.197 e. The van der Waals surface area contributed by atoms with Gasteiger partial charge in [-0.2, -0.15) is 0 Å². The van der Waals surface area contributed by atoms with Crippen LogP contribution in [0.15, 0.2) is 42.6 Å². The summed E-state index contributed by atoms with van der Waals surface area (Å²) in [4.78, 5) is 0. The Balaban J connectivity index is 2.48. The molecule has 86 valence electrons. The third-order valence-corrected chi connectivity index (χ3v) is 3.08. The van der Waals surface area contributed by atoms with E-state index in [1.54, 1.807) is 6.20 Å². The number of hydrogen-bond acceptors (Lipinski definition) is 1. The molecule has 0 aliphatic heterocycles. The van der Waals surface area contributed by atoms with Gasteiger partial charge in [0.1, 0.15) is 5.69 Å². The van der Waals surface area contributed by atoms with Gasteiger partial charge in [0.2, 0.25) is 0 Å². The summed E-state index contributed by atoms with van der Waals surface area (Å²) in [5, 5.41) is 11.8. The van der Waals surface area contributed by atoms with Crippen LogP contribution in [0.3, 0.4) is 0 Å². The van der Waals surface area contributed by atoms with Gasteiger partial charge in [-0.1, -0.05) is 30.2 Å². The first-order valence-corrected chi connectivity index (χ1v) is 5.55. The highest BCUT2D eigenvalue weighted by atomic mass is 15.1. The molecule has 2 aromatic carbocycles. The molecule has 3 rings (SSSR count). The summed E-state index contributed by atoms with van der Waals surface area (Å²) in [5.74, 6) is 2.54. The average molecular weight is 233 g/mol. The molecule has 3 heteroatoms. The summed E-state index contributed by atoms with van der Waals surface area (Å²) in [6.07, 6.45) is 7.32. The monoisotopic (exact) mass is 233 g/mol. The molecule has 0 radical (unpaired) electrons. The van der Waals surface area contributed by atoms with E-state index in [9.17, 15) is 0 Å². The number of nitrogens with one attached hydrogen (secondary N) is 1. The van der Waals surface area contributed by atoms with Crippen molar-refractivity contribution in [3.8, 4) is 12.3 Å². The predicted molar refractivity (Wildman–Crippen MR) is 74.7 cm³/mol. The second-order valence-electron chi connectivity index (χ2n) is 4.16. The van der Waals surface area contributed by atoms with Crippen molar-refractivity contribution in [2.75, 3.05) is 0 Å². The van der Waals surface area contributed by atoms with Gasteiger partial charge in [-0.15, -0.1) is 6.42 Å². The fourth-order valence-corrected chi connectivity index (χ4v) is 2.24. The summed E-state index contributed by atoms with van der Waals surface area (Å²) in [7, 11) is 0. The van der Waals surface area contributed by atoms with Crippen LogP contribution in [0, 0.1) is 17.8 Å². The fraction of sp³-hybridized carbons (Fsp3) is 0. The normalized spacial score (nSPS) is 10.6. The number of rotatable bonds is 0. The Morgan fingerprint density at radius 3 is 2.44 bits per heavy atom. The highest BCUT2D eigenvalue weighted by Crippen LogP contribution is 2.26. The van der Waals surface area contributed by atoms with E-state index in [1.807, 2.05) is 24.3 Å². The number of benzene rings is 2. The smallest absolute Gasteiger partial charge is 0.197 e. The van der Waals surface area contributed by atoms with Gasteiger partial charge in [0.15, 0.2) is 5.96 Å². The third-order valence-electron chi connectivity index (χ3n) is 3.08. The molecule has 1 heterocycles. The molecule has 18 heavy (non-hydrogen) atoms. The van der Waals surface area contributed by atoms with Crippen molar-refractivity contribution in [1.29, 1.82) is 5.41 Å². The lowest BCUT2D eigenvalue weighted by molar-refractivity contribution is 1.09. The molecular weight excluding hydrogens is 222 g/mol. The Morgan fingerprint density at radius 1 is 1.17 bits per heavy atom.